The van der Waals surface area contributed by atoms with Gasteiger partial charge in [-0.15, -0.1) is 11.8 Å². The molecule has 0 radical (unpaired) electrons. The summed E-state index contributed by atoms with van der Waals surface area (Å²) < 4.78 is 13.3. The number of hydrogen-bond acceptors (Lipinski definition) is 2. The van der Waals surface area contributed by atoms with Gasteiger partial charge in [0.25, 0.3) is 6.47 Å². The van der Waals surface area contributed by atoms with Crippen molar-refractivity contribution < 1.29 is 14.3 Å². The minimum Gasteiger partial charge on any atom is -0.483 e. The molecule has 0 bridgehead atoms. The molecular weight excluding hydrogens is 251 g/mol. The maximum absolute atomic E-state index is 13.3. The van der Waals surface area contributed by atoms with Crippen molar-refractivity contribution in [1.29, 1.82) is 0 Å². The van der Waals surface area contributed by atoms with Gasteiger partial charge in [-0.3, -0.25) is 4.79 Å². The fourth-order valence-electron chi connectivity index (χ4n) is 0.888. The molecule has 1 aromatic rings. The summed E-state index contributed by atoms with van der Waals surface area (Å²) in [6.45, 7) is 5.89. The van der Waals surface area contributed by atoms with Gasteiger partial charge in [0, 0.05) is 14.7 Å². The van der Waals surface area contributed by atoms with Gasteiger partial charge in [-0.1, -0.05) is 32.4 Å². The van der Waals surface area contributed by atoms with E-state index in [1.54, 1.807) is 12.1 Å². The van der Waals surface area contributed by atoms with Crippen LogP contribution < -0.4 is 0 Å². The van der Waals surface area contributed by atoms with Crippen LogP contribution in [-0.2, 0) is 4.79 Å². The molecule has 0 aliphatic carbocycles. The molecule has 0 amide bonds. The summed E-state index contributed by atoms with van der Waals surface area (Å²) in [6.07, 6.45) is 0. The fourth-order valence-corrected chi connectivity index (χ4v) is 2.00. The van der Waals surface area contributed by atoms with Gasteiger partial charge in [-0.05, 0) is 18.2 Å². The Hall–Kier alpha value is -0.740. The first kappa shape index (κ1) is 15.3. The Labute approximate surface area is 104 Å². The van der Waals surface area contributed by atoms with Crippen LogP contribution in [0.15, 0.2) is 23.1 Å². The molecule has 0 aromatic heterocycles. The smallest absolute Gasteiger partial charge is 0.290 e. The first-order valence-electron chi connectivity index (χ1n) is 4.52. The highest BCUT2D eigenvalue weighted by atomic mass is 35.5. The molecule has 1 rings (SSSR count). The van der Waals surface area contributed by atoms with Crippen molar-refractivity contribution in [1.82, 2.24) is 0 Å². The zero-order valence-electron chi connectivity index (χ0n) is 9.33. The maximum atomic E-state index is 13.3. The molecule has 0 saturated carbocycles. The van der Waals surface area contributed by atoms with Crippen molar-refractivity contribution in [3.63, 3.8) is 0 Å². The second-order valence-corrected chi connectivity index (χ2v) is 6.20. The van der Waals surface area contributed by atoms with Gasteiger partial charge in [0.15, 0.2) is 0 Å². The predicted octanol–water partition coefficient (Wildman–Crippen LogP) is 4.07. The average Bonchev–Trinajstić information content (AvgIpc) is 2.09. The molecule has 16 heavy (non-hydrogen) atoms. The van der Waals surface area contributed by atoms with E-state index in [-0.39, 0.29) is 17.0 Å². The lowest BCUT2D eigenvalue weighted by molar-refractivity contribution is -0.122. The zero-order chi connectivity index (χ0) is 12.8. The minimum atomic E-state index is -0.250. The van der Waals surface area contributed by atoms with Crippen LogP contribution in [0.4, 0.5) is 4.39 Å². The molecule has 0 atom stereocenters. The summed E-state index contributed by atoms with van der Waals surface area (Å²) >= 11 is 7.14. The van der Waals surface area contributed by atoms with E-state index >= 15 is 0 Å². The largest absolute Gasteiger partial charge is 0.483 e. The number of halogens is 2. The second kappa shape index (κ2) is 6.76. The van der Waals surface area contributed by atoms with Crippen LogP contribution in [-0.4, -0.2) is 16.3 Å². The van der Waals surface area contributed by atoms with Gasteiger partial charge in [-0.25, -0.2) is 4.39 Å². The Balaban J connectivity index is 0.000000673. The van der Waals surface area contributed by atoms with E-state index in [1.807, 2.05) is 20.8 Å². The highest BCUT2D eigenvalue weighted by molar-refractivity contribution is 8.00. The highest BCUT2D eigenvalue weighted by Gasteiger charge is 2.14. The van der Waals surface area contributed by atoms with Crippen molar-refractivity contribution in [3.05, 3.63) is 29.0 Å². The number of rotatable bonds is 1. The van der Waals surface area contributed by atoms with Crippen molar-refractivity contribution in [2.24, 2.45) is 0 Å². The Bertz CT molecular complexity index is 350. The monoisotopic (exact) mass is 264 g/mol. The Morgan fingerprint density at radius 2 is 1.94 bits per heavy atom. The lowest BCUT2D eigenvalue weighted by Gasteiger charge is -2.17. The van der Waals surface area contributed by atoms with Crippen LogP contribution >= 0.6 is 23.4 Å². The van der Waals surface area contributed by atoms with Crippen molar-refractivity contribution in [2.45, 2.75) is 30.4 Å². The topological polar surface area (TPSA) is 37.3 Å². The summed E-state index contributed by atoms with van der Waals surface area (Å²) in [5.74, 6) is -0.243. The van der Waals surface area contributed by atoms with E-state index in [0.717, 1.165) is 0 Å². The van der Waals surface area contributed by atoms with Gasteiger partial charge < -0.3 is 5.11 Å². The Morgan fingerprint density at radius 1 is 1.44 bits per heavy atom. The molecule has 90 valence electrons. The molecule has 2 nitrogen and oxygen atoms in total. The molecule has 0 spiro atoms. The van der Waals surface area contributed by atoms with E-state index in [0.29, 0.717) is 9.92 Å². The maximum Gasteiger partial charge on any atom is 0.290 e. The lowest BCUT2D eigenvalue weighted by Crippen LogP contribution is -2.07. The van der Waals surface area contributed by atoms with Gasteiger partial charge >= 0.3 is 0 Å². The zero-order valence-corrected chi connectivity index (χ0v) is 10.9. The van der Waals surface area contributed by atoms with Crippen LogP contribution in [0.5, 0.6) is 0 Å². The SMILES string of the molecule is CC(C)(C)Sc1ccc(Cl)cc1F.O=CO. The molecule has 0 fully saturated rings. The molecule has 0 saturated heterocycles. The third-order valence-corrected chi connectivity index (χ3v) is 2.71. The molecule has 0 unspecified atom stereocenters. The third-order valence-electron chi connectivity index (χ3n) is 1.31. The van der Waals surface area contributed by atoms with Crippen LogP contribution in [0.1, 0.15) is 20.8 Å². The van der Waals surface area contributed by atoms with Crippen molar-refractivity contribution in [2.75, 3.05) is 0 Å². The fraction of sp³-hybridized carbons (Fsp3) is 0.364. The summed E-state index contributed by atoms with van der Waals surface area (Å²) in [4.78, 5) is 9.01. The summed E-state index contributed by atoms with van der Waals surface area (Å²) in [6, 6.07) is 4.77. The van der Waals surface area contributed by atoms with Crippen molar-refractivity contribution >= 4 is 29.8 Å². The molecule has 0 aliphatic rings. The molecule has 1 aromatic carbocycles. The molecule has 0 aliphatic heterocycles. The van der Waals surface area contributed by atoms with Crippen LogP contribution in [0.3, 0.4) is 0 Å². The van der Waals surface area contributed by atoms with E-state index in [4.69, 9.17) is 21.5 Å². The molecule has 1 N–H and O–H groups in total. The quantitative estimate of drug-likeness (QED) is 0.614. The molecule has 5 heteroatoms. The summed E-state index contributed by atoms with van der Waals surface area (Å²) in [5.41, 5.74) is 0. The Kier molecular flexibility index (Phi) is 6.45. The summed E-state index contributed by atoms with van der Waals surface area (Å²) in [5, 5.41) is 7.33. The normalized spacial score (nSPS) is 10.3. The highest BCUT2D eigenvalue weighted by Crippen LogP contribution is 2.34. The predicted molar refractivity (Wildman–Crippen MR) is 65.7 cm³/mol. The molecule has 0 heterocycles. The Morgan fingerprint density at radius 3 is 2.31 bits per heavy atom. The standard InChI is InChI=1S/C10H12ClFS.CH2O2/c1-10(2,3)13-9-5-4-7(11)6-8(9)12;2-1-3/h4-6H,1-3H3;1H,(H,2,3). The number of hydrogen-bond donors (Lipinski definition) is 1. The third kappa shape index (κ3) is 6.69. The number of benzene rings is 1. The molecular formula is C11H14ClFO2S. The second-order valence-electron chi connectivity index (χ2n) is 3.89. The van der Waals surface area contributed by atoms with Crippen LogP contribution in [0.2, 0.25) is 5.02 Å². The summed E-state index contributed by atoms with van der Waals surface area (Å²) in [7, 11) is 0. The first-order valence-corrected chi connectivity index (χ1v) is 5.71. The van der Waals surface area contributed by atoms with Crippen LogP contribution in [0.25, 0.3) is 0 Å². The first-order chi connectivity index (χ1) is 7.30. The van der Waals surface area contributed by atoms with E-state index in [2.05, 4.69) is 0 Å². The number of carboxylic acid groups (broad SMARTS) is 1. The van der Waals surface area contributed by atoms with E-state index in [9.17, 15) is 4.39 Å². The van der Waals surface area contributed by atoms with Gasteiger partial charge in [0.2, 0.25) is 0 Å². The average molecular weight is 265 g/mol. The van der Waals surface area contributed by atoms with Gasteiger partial charge in [0.1, 0.15) is 5.82 Å². The van der Waals surface area contributed by atoms with E-state index in [1.165, 1.54) is 17.8 Å². The van der Waals surface area contributed by atoms with Gasteiger partial charge in [-0.2, -0.15) is 0 Å². The minimum absolute atomic E-state index is 0.0225. The van der Waals surface area contributed by atoms with Crippen molar-refractivity contribution in [3.8, 4) is 0 Å². The van der Waals surface area contributed by atoms with Gasteiger partial charge in [0.05, 0.1) is 0 Å². The van der Waals surface area contributed by atoms with E-state index < -0.39 is 0 Å². The lowest BCUT2D eigenvalue weighted by atomic mass is 10.3. The number of thioether (sulfide) groups is 1. The van der Waals surface area contributed by atoms with Crippen LogP contribution in [0, 0.1) is 5.82 Å². The number of carbonyl (C=O) groups is 1.